The van der Waals surface area contributed by atoms with Crippen LogP contribution in [0.5, 0.6) is 0 Å². The first-order valence-corrected chi connectivity index (χ1v) is 45.9. The maximum atomic E-state index is 14.6. The van der Waals surface area contributed by atoms with Crippen LogP contribution in [0.2, 0.25) is 0 Å². The van der Waals surface area contributed by atoms with Crippen LogP contribution in [0.3, 0.4) is 0 Å². The minimum Gasteiger partial charge on any atom is -0.477 e. The number of carbonyl (C=O) groups excluding carboxylic acids is 6. The van der Waals surface area contributed by atoms with Crippen LogP contribution in [0, 0.1) is 0 Å². The fourth-order valence-corrected chi connectivity index (χ4v) is 18.9. The second-order valence-electron chi connectivity index (χ2n) is 36.7. The Hall–Kier alpha value is -7.67. The van der Waals surface area contributed by atoms with E-state index in [9.17, 15) is 226 Å². The predicted molar refractivity (Wildman–Crippen MR) is 454 cm³/mol. The number of aliphatic hydroxyl groups is 29. The molecule has 0 unspecified atom stereocenters. The van der Waals surface area contributed by atoms with Crippen LogP contribution < -0.4 is 31.9 Å². The molecule has 50 atom stereocenters. The first-order valence-electron chi connectivity index (χ1n) is 45.9. The molecule has 68 nitrogen and oxygen atoms in total. The molecule has 149 heavy (non-hydrogen) atoms. The van der Waals surface area contributed by atoms with Crippen molar-refractivity contribution in [2.45, 2.75) is 371 Å². The average Bonchev–Trinajstić information content (AvgIpc) is 0.735. The van der Waals surface area contributed by atoms with Gasteiger partial charge in [0.2, 0.25) is 35.4 Å². The maximum Gasteiger partial charge on any atom is 0.364 e. The van der Waals surface area contributed by atoms with E-state index in [2.05, 4.69) is 26.6 Å². The monoisotopic (exact) mass is 2180 g/mol. The number of ether oxygens (including phenoxy) is 17. The summed E-state index contributed by atoms with van der Waals surface area (Å²) in [4.78, 5) is 147. The molecule has 856 valence electrons. The second-order valence-corrected chi connectivity index (χ2v) is 36.7. The topological polar surface area (TPSA) is 1100 Å². The average molecular weight is 2180 g/mol. The molecule has 9 aliphatic heterocycles. The number of nitrogens with one attached hydrogen (secondary N) is 6. The zero-order chi connectivity index (χ0) is 112. The van der Waals surface area contributed by atoms with Crippen molar-refractivity contribution in [3.8, 4) is 0 Å². The van der Waals surface area contributed by atoms with E-state index < -0.39 is 467 Å². The molecule has 0 bridgehead atoms. The van der Waals surface area contributed by atoms with Gasteiger partial charge in [0.1, 0.15) is 196 Å². The summed E-state index contributed by atoms with van der Waals surface area (Å²) in [7, 11) is 0. The molecular weight excluding hydrogens is 2050 g/mol. The molecule has 9 rings (SSSR count). The summed E-state index contributed by atoms with van der Waals surface area (Å²) < 4.78 is 99.2. The summed E-state index contributed by atoms with van der Waals surface area (Å²) in [6, 6.07) is -13.1. The summed E-state index contributed by atoms with van der Waals surface area (Å²) in [5.74, 6) is -37.7. The van der Waals surface area contributed by atoms with Gasteiger partial charge in [0.05, 0.1) is 120 Å². The standard InChI is InChI=1S/C81H130N6O62/c1-21(98)82-41-26(103)6-77(72(123)124,143-61(41)47(111)31(108)11-88)140-35(15-92)51(115)63-43(84-23(3)100)28(105)8-79(145-63,74(127)128)142-36(16-93)52(116)64-44(85-24(4)101)29(106)9-81(146-64,76(131)132)149-67-57(121)71(137-58-38(18-95)133-68(122)55(119)54(58)118)136-39(19-96)59(67)138-69-46(86-25(5)102)60(49(113)33(13-90)134-69)139-70-56(120)66(50(114)34(14-91)135-70)148-80(75(129)130)10-30(107)45(87-40(110)20-97)65(147-80)53(117)37(17-94)141-78(73(125)126)7-27(104)42(83-22(2)99)62(144-78)48(112)32(109)12-89/h26-39,41-71,88-97,103-109,111-122H,6-20H2,1-5H3,(H,82,98)(H,83,99)(H,84,100)(H,85,101)(H,86,102)(H,87,110)(H,123,124)(H,125,126)(H,127,128)(H,129,130)(H,131,132)/t26-,27-,28-,29-,30-,31+,32+,33+,34+,35+,36+,37+,38+,39+,41+,42+,43+,44+,45+,46+,47+,48+,49-,50-,51+,52+,53+,54+,55+,56+,57+,58+,59-,60+,61+,62+,63+,64+,65+,66-,67+,68+,69-,70-,71-,77+,78+,79+,80-,81-/m0/s1. The molecule has 9 fully saturated rings. The van der Waals surface area contributed by atoms with Crippen molar-refractivity contribution < 1.29 is 307 Å². The van der Waals surface area contributed by atoms with Crippen molar-refractivity contribution in [3.63, 3.8) is 0 Å². The summed E-state index contributed by atoms with van der Waals surface area (Å²) in [5, 5.41) is 397. The molecule has 9 heterocycles. The van der Waals surface area contributed by atoms with Crippen molar-refractivity contribution >= 4 is 65.3 Å². The zero-order valence-electron chi connectivity index (χ0n) is 79.2. The number of rotatable bonds is 47. The van der Waals surface area contributed by atoms with Gasteiger partial charge in [0.15, 0.2) is 25.2 Å². The highest BCUT2D eigenvalue weighted by atomic mass is 16.8. The van der Waals surface area contributed by atoms with Gasteiger partial charge in [-0.05, 0) is 0 Å². The number of amides is 6. The van der Waals surface area contributed by atoms with Crippen LogP contribution in [-0.4, -0.2) is 609 Å². The van der Waals surface area contributed by atoms with E-state index >= 15 is 0 Å². The summed E-state index contributed by atoms with van der Waals surface area (Å²) in [5.41, 5.74) is 0. The highest BCUT2D eigenvalue weighted by molar-refractivity contribution is 5.81. The van der Waals surface area contributed by atoms with Crippen molar-refractivity contribution in [2.24, 2.45) is 0 Å². The predicted octanol–water partition coefficient (Wildman–Crippen LogP) is -24.8. The molecule has 0 aliphatic carbocycles. The Morgan fingerprint density at radius 1 is 0.289 bits per heavy atom. The van der Waals surface area contributed by atoms with Gasteiger partial charge in [-0.15, -0.1) is 0 Å². The third kappa shape index (κ3) is 27.4. The van der Waals surface area contributed by atoms with Crippen LogP contribution in [0.25, 0.3) is 0 Å². The minimum absolute atomic E-state index is 0.716. The fourth-order valence-electron chi connectivity index (χ4n) is 18.9. The summed E-state index contributed by atoms with van der Waals surface area (Å²) in [6.45, 7) is -11.1. The summed E-state index contributed by atoms with van der Waals surface area (Å²) in [6.07, 6.45) is -108. The Bertz CT molecular complexity index is 4470. The number of carboxylic acid groups (broad SMARTS) is 5. The van der Waals surface area contributed by atoms with Gasteiger partial charge in [0.25, 0.3) is 28.9 Å². The molecular formula is C81H130N6O62. The number of hydrogen-bond acceptors (Lipinski definition) is 57. The SMILES string of the molecule is CC(=O)N[C@H]1[C@H](O[C@@H]2[C@H](O[C@]3(C(=O)O)C[C@H](O)[C@@H](NC(C)=O)[C@H]([C@H](O)[C@@H](CO)O[C@]4(C(=O)O)C[C@H](O)[C@@H](NC(C)=O)[C@H]([C@H](O)[C@@H](CO)O[C@]5(C(=O)O)C[C@H](O)[C@@H](NC(C)=O)[C@H]([C@H](O)[C@H](O)CO)O5)O4)O3)[C@@H](O)[C@H](O[C@H]3[C@H](O)[C@@H](O)[C@H](O)O[C@@H]3CO)O[C@@H]2CO)O[C@H](CO)[C@H](O)[C@@H]1O[C@@H]1O[C@H](CO)[C@H](O)[C@H](O[C@]2(C(=O)O)C[C@H](O)[C@@H](NC(=O)CO)[C@H]([C@H](O)[C@@H](CO)O[C@]3(C(=O)O)C[C@H](O)[C@@H](NC(C)=O)[C@H]([C@H](O)[C@H](O)CO)O3)O2)[C@H]1O. The molecule has 0 aromatic rings. The number of carbonyl (C=O) groups is 11. The van der Waals surface area contributed by atoms with Gasteiger partial charge in [-0.2, -0.15) is 0 Å². The molecule has 0 aromatic heterocycles. The third-order valence-corrected chi connectivity index (χ3v) is 26.2. The second kappa shape index (κ2) is 52.3. The van der Waals surface area contributed by atoms with Gasteiger partial charge < -0.3 is 286 Å². The van der Waals surface area contributed by atoms with E-state index in [0.717, 1.165) is 27.7 Å². The van der Waals surface area contributed by atoms with Gasteiger partial charge in [-0.3, -0.25) is 28.8 Å². The van der Waals surface area contributed by atoms with Gasteiger partial charge >= 0.3 is 29.8 Å². The van der Waals surface area contributed by atoms with Gasteiger partial charge in [-0.25, -0.2) is 24.0 Å². The Kier molecular flexibility index (Phi) is 43.8. The number of hydrogen-bond donors (Lipinski definition) is 40. The molecule has 0 radical (unpaired) electrons. The fraction of sp³-hybridized carbons (Fsp3) is 0.864. The van der Waals surface area contributed by atoms with E-state index in [4.69, 9.17) is 80.5 Å². The number of aliphatic carboxylic acids is 5. The third-order valence-electron chi connectivity index (χ3n) is 26.2. The molecule has 0 saturated carbocycles. The van der Waals surface area contributed by atoms with Crippen molar-refractivity contribution in [2.75, 3.05) is 66.1 Å². The van der Waals surface area contributed by atoms with Crippen LogP contribution in [0.1, 0.15) is 66.7 Å². The van der Waals surface area contributed by atoms with E-state index in [-0.39, 0.29) is 0 Å². The number of carboxylic acids is 5. The van der Waals surface area contributed by atoms with E-state index in [0.29, 0.717) is 6.92 Å². The first kappa shape index (κ1) is 125. The molecule has 9 saturated heterocycles. The summed E-state index contributed by atoms with van der Waals surface area (Å²) >= 11 is 0. The molecule has 0 spiro atoms. The largest absolute Gasteiger partial charge is 0.477 e. The van der Waals surface area contributed by atoms with Crippen molar-refractivity contribution in [3.05, 3.63) is 0 Å². The Morgan fingerprint density at radius 2 is 0.557 bits per heavy atom. The normalized spacial score (nSPS) is 41.7. The highest BCUT2D eigenvalue weighted by Crippen LogP contribution is 2.47. The maximum absolute atomic E-state index is 14.6. The molecule has 68 heteroatoms. The van der Waals surface area contributed by atoms with Crippen LogP contribution >= 0.6 is 0 Å². The Labute approximate surface area is 838 Å². The minimum atomic E-state index is -3.96. The lowest BCUT2D eigenvalue weighted by Crippen LogP contribution is -2.73. The van der Waals surface area contributed by atoms with Gasteiger partial charge in [-0.1, -0.05) is 0 Å². The molecule has 0 aromatic carbocycles. The Balaban J connectivity index is 1.09. The van der Waals surface area contributed by atoms with Crippen LogP contribution in [-0.2, 0) is 133 Å². The van der Waals surface area contributed by atoms with E-state index in [1.165, 1.54) is 0 Å². The quantitative estimate of drug-likeness (QED) is 0.0269. The van der Waals surface area contributed by atoms with Gasteiger partial charge in [0, 0.05) is 66.7 Å². The van der Waals surface area contributed by atoms with E-state index in [1.54, 1.807) is 0 Å². The smallest absolute Gasteiger partial charge is 0.364 e. The molecule has 9 aliphatic rings. The zero-order valence-corrected chi connectivity index (χ0v) is 79.2. The van der Waals surface area contributed by atoms with Crippen LogP contribution in [0.15, 0.2) is 0 Å². The van der Waals surface area contributed by atoms with Crippen molar-refractivity contribution in [1.82, 2.24) is 31.9 Å². The lowest BCUT2D eigenvalue weighted by atomic mass is 9.86. The lowest BCUT2D eigenvalue weighted by molar-refractivity contribution is -0.405. The van der Waals surface area contributed by atoms with Crippen molar-refractivity contribution in [1.29, 1.82) is 0 Å². The van der Waals surface area contributed by atoms with Crippen LogP contribution in [0.4, 0.5) is 0 Å². The highest BCUT2D eigenvalue weighted by Gasteiger charge is 2.69. The lowest BCUT2D eigenvalue weighted by Gasteiger charge is -2.53. The molecule has 40 N–H and O–H groups in total. The molecule has 6 amide bonds. The van der Waals surface area contributed by atoms with E-state index in [1.807, 2.05) is 5.32 Å². The Morgan fingerprint density at radius 3 is 0.872 bits per heavy atom. The first-order chi connectivity index (χ1) is 69.7. The number of aliphatic hydroxyl groups excluding tert-OH is 29.